The maximum atomic E-state index is 12.6. The van der Waals surface area contributed by atoms with Crippen LogP contribution in [0.1, 0.15) is 80.1 Å². The minimum absolute atomic E-state index is 0.132. The summed E-state index contributed by atoms with van der Waals surface area (Å²) in [4.78, 5) is 20.4. The highest BCUT2D eigenvalue weighted by molar-refractivity contribution is 6.34. The zero-order valence-electron chi connectivity index (χ0n) is 25.2. The van der Waals surface area contributed by atoms with E-state index >= 15 is 0 Å². The molecular formula is C32H47ClN4O4. The number of pyridine rings is 1. The highest BCUT2D eigenvalue weighted by Crippen LogP contribution is 2.50. The van der Waals surface area contributed by atoms with E-state index in [1.54, 1.807) is 0 Å². The Bertz CT molecular complexity index is 1250. The second-order valence-corrected chi connectivity index (χ2v) is 12.8. The van der Waals surface area contributed by atoms with Crippen LogP contribution in [0.15, 0.2) is 23.0 Å². The number of morpholine rings is 1. The zero-order valence-corrected chi connectivity index (χ0v) is 26.0. The summed E-state index contributed by atoms with van der Waals surface area (Å²) in [6, 6.07) is 6.65. The number of hydrogen-bond acceptors (Lipinski definition) is 7. The first-order valence-electron chi connectivity index (χ1n) is 15.3. The number of aliphatic hydroxyl groups is 1. The van der Waals surface area contributed by atoms with Crippen LogP contribution < -0.4 is 15.8 Å². The minimum atomic E-state index is -1.01. The quantitative estimate of drug-likeness (QED) is 0.349. The number of halogens is 1. The maximum absolute atomic E-state index is 12.6. The molecule has 1 aromatic heterocycles. The predicted molar refractivity (Wildman–Crippen MR) is 164 cm³/mol. The fourth-order valence-corrected chi connectivity index (χ4v) is 7.25. The highest BCUT2D eigenvalue weighted by Gasteiger charge is 2.41. The van der Waals surface area contributed by atoms with Gasteiger partial charge in [0, 0.05) is 68.8 Å². The first-order chi connectivity index (χ1) is 19.6. The van der Waals surface area contributed by atoms with Gasteiger partial charge in [0.1, 0.15) is 6.23 Å². The number of aromatic amines is 1. The first kappa shape index (κ1) is 30.5. The molecule has 2 aliphatic heterocycles. The molecule has 3 heterocycles. The van der Waals surface area contributed by atoms with Crippen LogP contribution in [0.25, 0.3) is 0 Å². The molecule has 1 aliphatic carbocycles. The molecule has 41 heavy (non-hydrogen) atoms. The molecule has 8 nitrogen and oxygen atoms in total. The Kier molecular flexibility index (Phi) is 9.78. The van der Waals surface area contributed by atoms with Gasteiger partial charge in [-0.15, -0.1) is 0 Å². The van der Waals surface area contributed by atoms with Gasteiger partial charge in [0.25, 0.3) is 5.56 Å². The van der Waals surface area contributed by atoms with Crippen LogP contribution in [0.3, 0.4) is 0 Å². The maximum Gasteiger partial charge on any atom is 0.252 e. The van der Waals surface area contributed by atoms with E-state index in [1.807, 2.05) is 19.9 Å². The fourth-order valence-electron chi connectivity index (χ4n) is 6.93. The molecule has 1 aromatic carbocycles. The summed E-state index contributed by atoms with van der Waals surface area (Å²) in [5, 5.41) is 15.2. The van der Waals surface area contributed by atoms with E-state index in [2.05, 4.69) is 53.0 Å². The molecule has 3 fully saturated rings. The van der Waals surface area contributed by atoms with Gasteiger partial charge in [-0.05, 0) is 95.0 Å². The number of aromatic nitrogens is 1. The van der Waals surface area contributed by atoms with E-state index in [0.717, 1.165) is 75.6 Å². The van der Waals surface area contributed by atoms with Crippen LogP contribution in [-0.4, -0.2) is 72.6 Å². The molecule has 3 aliphatic rings. The van der Waals surface area contributed by atoms with Gasteiger partial charge in [0.15, 0.2) is 0 Å². The van der Waals surface area contributed by atoms with Gasteiger partial charge < -0.3 is 24.5 Å². The number of nitrogens with one attached hydrogen (secondary N) is 2. The highest BCUT2D eigenvalue weighted by atomic mass is 35.5. The molecule has 5 rings (SSSR count). The van der Waals surface area contributed by atoms with Crippen molar-refractivity contribution in [2.75, 3.05) is 44.3 Å². The topological polar surface area (TPSA) is 90.1 Å². The molecule has 0 radical (unpaired) electrons. The van der Waals surface area contributed by atoms with Crippen LogP contribution in [0, 0.1) is 19.8 Å². The Morgan fingerprint density at radius 2 is 1.88 bits per heavy atom. The molecule has 0 bridgehead atoms. The predicted octanol–water partition coefficient (Wildman–Crippen LogP) is 4.64. The summed E-state index contributed by atoms with van der Waals surface area (Å²) in [5.74, 6) is 1.01. The van der Waals surface area contributed by atoms with Crippen molar-refractivity contribution < 1.29 is 14.6 Å². The number of benzene rings is 1. The first-order valence-corrected chi connectivity index (χ1v) is 15.7. The molecule has 0 spiro atoms. The number of nitrogens with zero attached hydrogens (tertiary/aromatic N) is 2. The molecule has 1 saturated carbocycles. The summed E-state index contributed by atoms with van der Waals surface area (Å²) in [7, 11) is 0. The third-order valence-electron chi connectivity index (χ3n) is 8.98. The SMILES string of the molecule is CCN(c1cc(C2CC2CN2C[C@@H](C)O[C@@H](C)C2)cc(C(O)NCc2c(C)cc(C)[nH]c2=O)c1Cl)C1CCOCC1. The third kappa shape index (κ3) is 7.17. The number of aryl methyl sites for hydroxylation is 2. The lowest BCUT2D eigenvalue weighted by atomic mass is 9.99. The van der Waals surface area contributed by atoms with Gasteiger partial charge in [-0.1, -0.05) is 11.6 Å². The molecular weight excluding hydrogens is 540 g/mol. The van der Waals surface area contributed by atoms with Crippen LogP contribution in [0.5, 0.6) is 0 Å². The van der Waals surface area contributed by atoms with Gasteiger partial charge >= 0.3 is 0 Å². The van der Waals surface area contributed by atoms with E-state index in [4.69, 9.17) is 21.1 Å². The summed E-state index contributed by atoms with van der Waals surface area (Å²) in [5.41, 5.74) is 5.10. The minimum Gasteiger partial charge on any atom is -0.381 e. The second kappa shape index (κ2) is 13.1. The molecule has 0 amide bonds. The molecule has 5 atom stereocenters. The lowest BCUT2D eigenvalue weighted by Crippen LogP contribution is -2.46. The van der Waals surface area contributed by atoms with Crippen molar-refractivity contribution in [3.05, 3.63) is 61.5 Å². The Morgan fingerprint density at radius 1 is 1.17 bits per heavy atom. The number of H-pyrrole nitrogens is 1. The van der Waals surface area contributed by atoms with Crippen molar-refractivity contribution >= 4 is 17.3 Å². The molecule has 226 valence electrons. The summed E-state index contributed by atoms with van der Waals surface area (Å²) >= 11 is 7.12. The standard InChI is InChI=1S/C32H47ClN4O4/c1-6-37(25-7-9-40-10-8-25)29-14-23(26-13-24(26)18-36-16-21(4)41-22(5)17-36)12-27(30(29)33)31(38)34-15-28-19(2)11-20(3)35-32(28)39/h11-12,14,21-22,24-26,31,34,38H,6-10,13,15-18H2,1-5H3,(H,35,39)/t21-,22+,24?,26?,31?. The van der Waals surface area contributed by atoms with E-state index in [1.165, 1.54) is 5.56 Å². The summed E-state index contributed by atoms with van der Waals surface area (Å²) in [6.45, 7) is 15.8. The van der Waals surface area contributed by atoms with E-state index in [-0.39, 0.29) is 24.3 Å². The largest absolute Gasteiger partial charge is 0.381 e. The normalized spacial score (nSPS) is 26.2. The lowest BCUT2D eigenvalue weighted by molar-refractivity contribution is -0.0690. The van der Waals surface area contributed by atoms with Crippen molar-refractivity contribution in [1.82, 2.24) is 15.2 Å². The summed E-state index contributed by atoms with van der Waals surface area (Å²) < 4.78 is 11.6. The fraction of sp³-hybridized carbons (Fsp3) is 0.656. The third-order valence-corrected chi connectivity index (χ3v) is 9.40. The van der Waals surface area contributed by atoms with Gasteiger partial charge in [-0.2, -0.15) is 0 Å². The van der Waals surface area contributed by atoms with Gasteiger partial charge in [0.2, 0.25) is 0 Å². The van der Waals surface area contributed by atoms with Crippen LogP contribution >= 0.6 is 11.6 Å². The van der Waals surface area contributed by atoms with Crippen LogP contribution in [0.4, 0.5) is 5.69 Å². The van der Waals surface area contributed by atoms with Crippen molar-refractivity contribution in [2.45, 2.75) is 90.8 Å². The molecule has 2 saturated heterocycles. The van der Waals surface area contributed by atoms with Crippen LogP contribution in [-0.2, 0) is 16.0 Å². The smallest absolute Gasteiger partial charge is 0.252 e. The second-order valence-electron chi connectivity index (χ2n) is 12.4. The van der Waals surface area contributed by atoms with E-state index in [9.17, 15) is 9.90 Å². The van der Waals surface area contributed by atoms with Crippen molar-refractivity contribution in [2.24, 2.45) is 5.92 Å². The summed E-state index contributed by atoms with van der Waals surface area (Å²) in [6.07, 6.45) is 2.55. The molecule has 2 aromatic rings. The number of ether oxygens (including phenoxy) is 2. The van der Waals surface area contributed by atoms with Crippen molar-refractivity contribution in [1.29, 1.82) is 0 Å². The monoisotopic (exact) mass is 586 g/mol. The Labute approximate surface area is 249 Å². The number of anilines is 1. The number of hydrogen-bond donors (Lipinski definition) is 3. The Morgan fingerprint density at radius 3 is 2.54 bits per heavy atom. The average molecular weight is 587 g/mol. The molecule has 3 unspecified atom stereocenters. The van der Waals surface area contributed by atoms with Crippen LogP contribution in [0.2, 0.25) is 5.02 Å². The Balaban J connectivity index is 1.40. The Hall–Kier alpha value is -1.94. The molecule has 3 N–H and O–H groups in total. The zero-order chi connectivity index (χ0) is 29.3. The van der Waals surface area contributed by atoms with Gasteiger partial charge in [0.05, 0.1) is 22.9 Å². The van der Waals surface area contributed by atoms with E-state index < -0.39 is 6.23 Å². The number of rotatable bonds is 10. The van der Waals surface area contributed by atoms with Gasteiger partial charge in [-0.25, -0.2) is 0 Å². The van der Waals surface area contributed by atoms with E-state index in [0.29, 0.717) is 34.0 Å². The van der Waals surface area contributed by atoms with Crippen molar-refractivity contribution in [3.8, 4) is 0 Å². The molecule has 9 heteroatoms. The van der Waals surface area contributed by atoms with Crippen molar-refractivity contribution in [3.63, 3.8) is 0 Å². The lowest BCUT2D eigenvalue weighted by Gasteiger charge is -2.37. The average Bonchev–Trinajstić information content (AvgIpc) is 3.68. The van der Waals surface area contributed by atoms with Gasteiger partial charge in [-0.3, -0.25) is 15.0 Å². The number of aliphatic hydroxyl groups excluding tert-OH is 1.